The molecule has 0 spiro atoms. The van der Waals surface area contributed by atoms with Gasteiger partial charge in [-0.25, -0.2) is 14.4 Å². The number of halogens is 1. The van der Waals surface area contributed by atoms with Gasteiger partial charge in [0.25, 0.3) is 5.69 Å². The van der Waals surface area contributed by atoms with Crippen molar-refractivity contribution in [2.24, 2.45) is 0 Å². The Hall–Kier alpha value is -4.25. The van der Waals surface area contributed by atoms with Crippen LogP contribution in [0.1, 0.15) is 5.56 Å². The monoisotopic (exact) mass is 491 g/mol. The molecule has 0 fully saturated rings. The van der Waals surface area contributed by atoms with Crippen LogP contribution in [0, 0.1) is 15.9 Å². The summed E-state index contributed by atoms with van der Waals surface area (Å²) in [7, 11) is 3.08. The fourth-order valence-corrected chi connectivity index (χ4v) is 4.55. The third-order valence-corrected chi connectivity index (χ3v) is 6.38. The van der Waals surface area contributed by atoms with Crippen molar-refractivity contribution in [3.63, 3.8) is 0 Å². The zero-order valence-electron chi connectivity index (χ0n) is 18.6. The second kappa shape index (κ2) is 9.18. The molecular weight excluding hydrogens is 473 g/mol. The number of nitro groups is 1. The molecule has 0 amide bonds. The minimum Gasteiger partial charge on any atom is -0.493 e. The van der Waals surface area contributed by atoms with Crippen LogP contribution in [0.25, 0.3) is 27.9 Å². The highest BCUT2D eigenvalue weighted by atomic mass is 32.2. The number of methoxy groups -OCH3 is 2. The molecule has 9 nitrogen and oxygen atoms in total. The second-order valence-electron chi connectivity index (χ2n) is 7.47. The van der Waals surface area contributed by atoms with E-state index in [4.69, 9.17) is 19.4 Å². The van der Waals surface area contributed by atoms with E-state index in [1.54, 1.807) is 61.2 Å². The lowest BCUT2D eigenvalue weighted by atomic mass is 10.2. The van der Waals surface area contributed by atoms with Gasteiger partial charge in [-0.05, 0) is 29.8 Å². The van der Waals surface area contributed by atoms with E-state index >= 15 is 0 Å². The highest BCUT2D eigenvalue weighted by molar-refractivity contribution is 7.98. The molecule has 0 bridgehead atoms. The van der Waals surface area contributed by atoms with E-state index in [-0.39, 0.29) is 11.5 Å². The lowest BCUT2D eigenvalue weighted by Gasteiger charge is -2.11. The molecule has 5 aromatic rings. The molecule has 0 N–H and O–H groups in total. The van der Waals surface area contributed by atoms with Gasteiger partial charge < -0.3 is 9.47 Å². The van der Waals surface area contributed by atoms with Crippen LogP contribution >= 0.6 is 11.8 Å². The molecule has 35 heavy (non-hydrogen) atoms. The number of non-ortho nitro benzene ring substituents is 1. The lowest BCUT2D eigenvalue weighted by Crippen LogP contribution is -2.00. The first kappa shape index (κ1) is 22.5. The second-order valence-corrected chi connectivity index (χ2v) is 8.42. The zero-order valence-corrected chi connectivity index (χ0v) is 19.5. The van der Waals surface area contributed by atoms with Crippen LogP contribution in [0.15, 0.2) is 65.8 Å². The summed E-state index contributed by atoms with van der Waals surface area (Å²) >= 11 is 1.32. The van der Waals surface area contributed by atoms with Gasteiger partial charge >= 0.3 is 0 Å². The van der Waals surface area contributed by atoms with Gasteiger partial charge in [0.2, 0.25) is 0 Å². The van der Waals surface area contributed by atoms with Crippen molar-refractivity contribution < 1.29 is 18.8 Å². The lowest BCUT2D eigenvalue weighted by molar-refractivity contribution is -0.384. The summed E-state index contributed by atoms with van der Waals surface area (Å²) in [6, 6.07) is 16.1. The van der Waals surface area contributed by atoms with Crippen LogP contribution in [0.5, 0.6) is 11.5 Å². The Morgan fingerprint density at radius 2 is 1.74 bits per heavy atom. The van der Waals surface area contributed by atoms with Gasteiger partial charge in [-0.3, -0.25) is 10.1 Å². The molecule has 0 aliphatic carbocycles. The molecule has 0 saturated heterocycles. The van der Waals surface area contributed by atoms with Crippen molar-refractivity contribution in [3.05, 3.63) is 82.2 Å². The number of rotatable bonds is 7. The normalized spacial score (nSPS) is 11.2. The topological polar surface area (TPSA) is 105 Å². The summed E-state index contributed by atoms with van der Waals surface area (Å²) in [4.78, 5) is 20.0. The maximum Gasteiger partial charge on any atom is 0.269 e. The SMILES string of the molecule is COc1cc2nc(SCc3ccccc3F)n3nc(-c4ccc([N+](=O)[O-])cc4)nc3c2cc1OC. The first-order valence-electron chi connectivity index (χ1n) is 10.4. The zero-order chi connectivity index (χ0) is 24.5. The number of fused-ring (bicyclic) bond motifs is 3. The number of ether oxygens (including phenoxy) is 2. The van der Waals surface area contributed by atoms with Crippen LogP contribution in [0.3, 0.4) is 0 Å². The van der Waals surface area contributed by atoms with Gasteiger partial charge in [0.1, 0.15) is 5.82 Å². The Labute approximate surface area is 202 Å². The Bertz CT molecular complexity index is 1570. The molecule has 0 radical (unpaired) electrons. The number of hydrogen-bond acceptors (Lipinski definition) is 8. The fourth-order valence-electron chi connectivity index (χ4n) is 3.62. The summed E-state index contributed by atoms with van der Waals surface area (Å²) in [5.41, 5.74) is 2.24. The summed E-state index contributed by atoms with van der Waals surface area (Å²) < 4.78 is 26.7. The number of aromatic nitrogens is 4. The Morgan fingerprint density at radius 1 is 1.03 bits per heavy atom. The van der Waals surface area contributed by atoms with Crippen molar-refractivity contribution >= 4 is 34.0 Å². The molecule has 0 saturated carbocycles. The van der Waals surface area contributed by atoms with Crippen LogP contribution in [0.2, 0.25) is 0 Å². The van der Waals surface area contributed by atoms with Crippen molar-refractivity contribution in [2.45, 2.75) is 10.9 Å². The van der Waals surface area contributed by atoms with Gasteiger partial charge in [-0.2, -0.15) is 4.52 Å². The van der Waals surface area contributed by atoms with Gasteiger partial charge in [0.15, 0.2) is 28.1 Å². The van der Waals surface area contributed by atoms with Gasteiger partial charge in [-0.1, -0.05) is 30.0 Å². The van der Waals surface area contributed by atoms with Crippen LogP contribution < -0.4 is 9.47 Å². The average molecular weight is 492 g/mol. The van der Waals surface area contributed by atoms with Crippen molar-refractivity contribution in [1.29, 1.82) is 0 Å². The number of nitrogens with zero attached hydrogens (tertiary/aromatic N) is 5. The van der Waals surface area contributed by atoms with E-state index in [2.05, 4.69) is 5.10 Å². The van der Waals surface area contributed by atoms with E-state index in [1.807, 2.05) is 0 Å². The summed E-state index contributed by atoms with van der Waals surface area (Å²) in [6.45, 7) is 0. The summed E-state index contributed by atoms with van der Waals surface area (Å²) in [6.07, 6.45) is 0. The van der Waals surface area contributed by atoms with Gasteiger partial charge in [-0.15, -0.1) is 5.10 Å². The third kappa shape index (κ3) is 4.21. The third-order valence-electron chi connectivity index (χ3n) is 5.40. The number of thioether (sulfide) groups is 1. The van der Waals surface area contributed by atoms with E-state index in [1.165, 1.54) is 30.0 Å². The van der Waals surface area contributed by atoms with Crippen molar-refractivity contribution in [1.82, 2.24) is 19.6 Å². The number of benzene rings is 3. The van der Waals surface area contributed by atoms with E-state index in [9.17, 15) is 14.5 Å². The first-order chi connectivity index (χ1) is 17.0. The highest BCUT2D eigenvalue weighted by Crippen LogP contribution is 2.35. The van der Waals surface area contributed by atoms with Crippen molar-refractivity contribution in [2.75, 3.05) is 14.2 Å². The Balaban J connectivity index is 1.67. The number of nitro benzene ring substituents is 1. The molecule has 5 rings (SSSR count). The maximum absolute atomic E-state index is 14.2. The number of hydrogen-bond donors (Lipinski definition) is 0. The van der Waals surface area contributed by atoms with E-state index < -0.39 is 4.92 Å². The maximum atomic E-state index is 14.2. The minimum atomic E-state index is -0.463. The Kier molecular flexibility index (Phi) is 5.91. The molecule has 0 aliphatic heterocycles. The molecular formula is C24H18FN5O4S. The predicted molar refractivity (Wildman–Crippen MR) is 129 cm³/mol. The van der Waals surface area contributed by atoms with Crippen LogP contribution in [0.4, 0.5) is 10.1 Å². The standard InChI is InChI=1S/C24H18FN5O4S/c1-33-20-11-17-19(12-21(20)34-2)26-24(35-13-15-5-3-4-6-18(15)25)29-23(17)27-22(28-29)14-7-9-16(10-8-14)30(31)32/h3-12H,13H2,1-2H3. The molecule has 2 aromatic heterocycles. The van der Waals surface area contributed by atoms with Crippen LogP contribution in [-0.2, 0) is 5.75 Å². The van der Waals surface area contributed by atoms with Gasteiger partial charge in [0.05, 0.1) is 24.7 Å². The molecule has 0 unspecified atom stereocenters. The average Bonchev–Trinajstić information content (AvgIpc) is 3.33. The largest absolute Gasteiger partial charge is 0.493 e. The minimum absolute atomic E-state index is 0.0254. The molecule has 0 atom stereocenters. The van der Waals surface area contributed by atoms with E-state index in [0.717, 1.165) is 0 Å². The summed E-state index contributed by atoms with van der Waals surface area (Å²) in [5, 5.41) is 16.8. The molecule has 176 valence electrons. The smallest absolute Gasteiger partial charge is 0.269 e. The van der Waals surface area contributed by atoms with E-state index in [0.29, 0.717) is 55.9 Å². The van der Waals surface area contributed by atoms with Gasteiger partial charge in [0, 0.05) is 34.9 Å². The molecule has 2 heterocycles. The highest BCUT2D eigenvalue weighted by Gasteiger charge is 2.19. The molecule has 0 aliphatic rings. The van der Waals surface area contributed by atoms with Crippen molar-refractivity contribution in [3.8, 4) is 22.9 Å². The molecule has 3 aromatic carbocycles. The fraction of sp³-hybridized carbons (Fsp3) is 0.125. The quantitative estimate of drug-likeness (QED) is 0.131. The van der Waals surface area contributed by atoms with Crippen LogP contribution in [-0.4, -0.2) is 38.7 Å². The summed E-state index contributed by atoms with van der Waals surface area (Å²) in [5.74, 6) is 1.43. The molecule has 11 heteroatoms. The first-order valence-corrected chi connectivity index (χ1v) is 11.4. The predicted octanol–water partition coefficient (Wildman–Crippen LogP) is 5.30. The Morgan fingerprint density at radius 3 is 2.43 bits per heavy atom.